The van der Waals surface area contributed by atoms with Crippen molar-refractivity contribution in [1.82, 2.24) is 0 Å². The fourth-order valence-electron chi connectivity index (χ4n) is 2.33. The lowest BCUT2D eigenvalue weighted by atomic mass is 9.94. The van der Waals surface area contributed by atoms with Crippen LogP contribution < -0.4 is 0 Å². The molecule has 3 aromatic carbocycles. The Morgan fingerprint density at radius 3 is 2.10 bits per heavy atom. The van der Waals surface area contributed by atoms with Crippen molar-refractivity contribution in [3.8, 4) is 22.3 Å². The van der Waals surface area contributed by atoms with Crippen LogP contribution in [0.25, 0.3) is 22.3 Å². The molecule has 104 valence electrons. The quantitative estimate of drug-likeness (QED) is 0.508. The van der Waals surface area contributed by atoms with Gasteiger partial charge in [0.25, 0.3) is 0 Å². The summed E-state index contributed by atoms with van der Waals surface area (Å²) in [5.41, 5.74) is 3.02. The highest BCUT2D eigenvalue weighted by Crippen LogP contribution is 2.35. The number of rotatable bonds is 2. The standard InChI is InChI=1S/C18H11Cl2F/c19-14-9-7-12(8-10-14)18-16(5-2-6-17(18)21)13-3-1-4-15(20)11-13/h1-11H. The van der Waals surface area contributed by atoms with Gasteiger partial charge in [-0.25, -0.2) is 4.39 Å². The Bertz CT molecular complexity index is 779. The van der Waals surface area contributed by atoms with Gasteiger partial charge in [0.1, 0.15) is 5.82 Å². The molecule has 0 N–H and O–H groups in total. The third-order valence-corrected chi connectivity index (χ3v) is 3.77. The van der Waals surface area contributed by atoms with Gasteiger partial charge in [0.2, 0.25) is 0 Å². The van der Waals surface area contributed by atoms with Crippen molar-refractivity contribution in [1.29, 1.82) is 0 Å². The highest BCUT2D eigenvalue weighted by Gasteiger charge is 2.12. The molecule has 0 bridgehead atoms. The van der Waals surface area contributed by atoms with Crippen molar-refractivity contribution in [2.24, 2.45) is 0 Å². The van der Waals surface area contributed by atoms with Crippen molar-refractivity contribution in [2.75, 3.05) is 0 Å². The molecule has 0 heterocycles. The lowest BCUT2D eigenvalue weighted by molar-refractivity contribution is 0.632. The largest absolute Gasteiger partial charge is 0.206 e. The minimum Gasteiger partial charge on any atom is -0.206 e. The van der Waals surface area contributed by atoms with Gasteiger partial charge >= 0.3 is 0 Å². The summed E-state index contributed by atoms with van der Waals surface area (Å²) >= 11 is 11.9. The molecule has 0 nitrogen and oxygen atoms in total. The maximum Gasteiger partial charge on any atom is 0.131 e. The van der Waals surface area contributed by atoms with Crippen molar-refractivity contribution in [2.45, 2.75) is 0 Å². The lowest BCUT2D eigenvalue weighted by Gasteiger charge is -2.12. The van der Waals surface area contributed by atoms with Crippen LogP contribution in [0, 0.1) is 5.82 Å². The van der Waals surface area contributed by atoms with E-state index >= 15 is 0 Å². The molecule has 21 heavy (non-hydrogen) atoms. The van der Waals surface area contributed by atoms with E-state index in [0.717, 1.165) is 16.7 Å². The molecular formula is C18H11Cl2F. The summed E-state index contributed by atoms with van der Waals surface area (Å²) in [6, 6.07) is 19.6. The fourth-order valence-corrected chi connectivity index (χ4v) is 2.65. The van der Waals surface area contributed by atoms with Crippen LogP contribution in [-0.4, -0.2) is 0 Å². The van der Waals surface area contributed by atoms with Crippen LogP contribution in [0.5, 0.6) is 0 Å². The summed E-state index contributed by atoms with van der Waals surface area (Å²) in [6.45, 7) is 0. The summed E-state index contributed by atoms with van der Waals surface area (Å²) in [5.74, 6) is -0.269. The van der Waals surface area contributed by atoms with E-state index < -0.39 is 0 Å². The van der Waals surface area contributed by atoms with E-state index in [2.05, 4.69) is 0 Å². The SMILES string of the molecule is Fc1cccc(-c2cccc(Cl)c2)c1-c1ccc(Cl)cc1. The Hall–Kier alpha value is -1.83. The third kappa shape index (κ3) is 2.94. The van der Waals surface area contributed by atoms with E-state index in [1.807, 2.05) is 36.4 Å². The monoisotopic (exact) mass is 316 g/mol. The first-order valence-electron chi connectivity index (χ1n) is 6.45. The predicted octanol–water partition coefficient (Wildman–Crippen LogP) is 6.47. The Morgan fingerprint density at radius 1 is 0.667 bits per heavy atom. The van der Waals surface area contributed by atoms with Crippen LogP contribution in [0.15, 0.2) is 66.7 Å². The summed E-state index contributed by atoms with van der Waals surface area (Å²) in [5, 5.41) is 1.25. The predicted molar refractivity (Wildman–Crippen MR) is 87.3 cm³/mol. The molecule has 0 saturated carbocycles. The van der Waals surface area contributed by atoms with Crippen LogP contribution in [0.3, 0.4) is 0 Å². The Balaban J connectivity index is 2.23. The molecular weight excluding hydrogens is 306 g/mol. The van der Waals surface area contributed by atoms with E-state index in [9.17, 15) is 4.39 Å². The number of halogens is 3. The van der Waals surface area contributed by atoms with E-state index in [4.69, 9.17) is 23.2 Å². The van der Waals surface area contributed by atoms with E-state index in [-0.39, 0.29) is 5.82 Å². The van der Waals surface area contributed by atoms with Gasteiger partial charge < -0.3 is 0 Å². The molecule has 3 aromatic rings. The summed E-state index contributed by atoms with van der Waals surface area (Å²) in [4.78, 5) is 0. The van der Waals surface area contributed by atoms with Crippen molar-refractivity contribution in [3.05, 3.63) is 82.6 Å². The van der Waals surface area contributed by atoms with Gasteiger partial charge in [0.15, 0.2) is 0 Å². The molecule has 3 heteroatoms. The first-order valence-corrected chi connectivity index (χ1v) is 7.21. The number of hydrogen-bond acceptors (Lipinski definition) is 0. The molecule has 0 atom stereocenters. The van der Waals surface area contributed by atoms with Crippen LogP contribution in [0.1, 0.15) is 0 Å². The smallest absolute Gasteiger partial charge is 0.131 e. The molecule has 0 aromatic heterocycles. The molecule has 0 aliphatic carbocycles. The van der Waals surface area contributed by atoms with Gasteiger partial charge in [0.05, 0.1) is 0 Å². The summed E-state index contributed by atoms with van der Waals surface area (Å²) in [6.07, 6.45) is 0. The molecule has 0 spiro atoms. The van der Waals surface area contributed by atoms with Gasteiger partial charge in [-0.3, -0.25) is 0 Å². The zero-order chi connectivity index (χ0) is 14.8. The van der Waals surface area contributed by atoms with Gasteiger partial charge in [0, 0.05) is 15.6 Å². The molecule has 0 saturated heterocycles. The third-order valence-electron chi connectivity index (χ3n) is 3.28. The number of benzene rings is 3. The van der Waals surface area contributed by atoms with Gasteiger partial charge in [-0.05, 0) is 47.0 Å². The van der Waals surface area contributed by atoms with Gasteiger partial charge in [-0.2, -0.15) is 0 Å². The Morgan fingerprint density at radius 2 is 1.38 bits per heavy atom. The van der Waals surface area contributed by atoms with Gasteiger partial charge in [-0.1, -0.05) is 59.6 Å². The maximum atomic E-state index is 14.4. The minimum absolute atomic E-state index is 0.269. The van der Waals surface area contributed by atoms with E-state index in [1.165, 1.54) is 6.07 Å². The molecule has 0 radical (unpaired) electrons. The summed E-state index contributed by atoms with van der Waals surface area (Å²) < 4.78 is 14.4. The average molecular weight is 317 g/mol. The summed E-state index contributed by atoms with van der Waals surface area (Å²) in [7, 11) is 0. The molecule has 0 unspecified atom stereocenters. The highest BCUT2D eigenvalue weighted by atomic mass is 35.5. The number of hydrogen-bond donors (Lipinski definition) is 0. The minimum atomic E-state index is -0.269. The van der Waals surface area contributed by atoms with Gasteiger partial charge in [-0.15, -0.1) is 0 Å². The second-order valence-corrected chi connectivity index (χ2v) is 5.55. The van der Waals surface area contributed by atoms with Crippen LogP contribution >= 0.6 is 23.2 Å². The molecule has 0 amide bonds. The van der Waals surface area contributed by atoms with Crippen molar-refractivity contribution in [3.63, 3.8) is 0 Å². The zero-order valence-corrected chi connectivity index (χ0v) is 12.5. The highest BCUT2D eigenvalue weighted by molar-refractivity contribution is 6.31. The molecule has 0 aliphatic rings. The van der Waals surface area contributed by atoms with E-state index in [1.54, 1.807) is 24.3 Å². The molecule has 3 rings (SSSR count). The fraction of sp³-hybridized carbons (Fsp3) is 0. The van der Waals surface area contributed by atoms with Crippen LogP contribution in [-0.2, 0) is 0 Å². The molecule has 0 aliphatic heterocycles. The van der Waals surface area contributed by atoms with Crippen molar-refractivity contribution < 1.29 is 4.39 Å². The van der Waals surface area contributed by atoms with E-state index in [0.29, 0.717) is 15.6 Å². The topological polar surface area (TPSA) is 0 Å². The normalized spacial score (nSPS) is 10.6. The second kappa shape index (κ2) is 5.88. The lowest BCUT2D eigenvalue weighted by Crippen LogP contribution is -1.89. The Labute approximate surface area is 132 Å². The Kier molecular flexibility index (Phi) is 3.96. The maximum absolute atomic E-state index is 14.4. The van der Waals surface area contributed by atoms with Crippen LogP contribution in [0.2, 0.25) is 10.0 Å². The zero-order valence-electron chi connectivity index (χ0n) is 11.0. The van der Waals surface area contributed by atoms with Crippen LogP contribution in [0.4, 0.5) is 4.39 Å². The van der Waals surface area contributed by atoms with Crippen molar-refractivity contribution >= 4 is 23.2 Å². The second-order valence-electron chi connectivity index (χ2n) is 4.68. The first kappa shape index (κ1) is 14.1. The first-order chi connectivity index (χ1) is 10.1. The molecule has 0 fully saturated rings. The average Bonchev–Trinajstić information content (AvgIpc) is 2.48.